The monoisotopic (exact) mass is 444 g/mol. The molecule has 0 spiro atoms. The Morgan fingerprint density at radius 1 is 1.00 bits per heavy atom. The Morgan fingerprint density at radius 3 is 2.26 bits per heavy atom. The molecule has 2 N–H and O–H groups in total. The van der Waals surface area contributed by atoms with E-state index in [0.717, 1.165) is 0 Å². The van der Waals surface area contributed by atoms with E-state index in [0.29, 0.717) is 42.9 Å². The number of benzene rings is 2. The molecule has 0 aliphatic carbocycles. The maximum Gasteiger partial charge on any atom is 0.257 e. The van der Waals surface area contributed by atoms with Gasteiger partial charge in [0.25, 0.3) is 5.91 Å². The number of likely N-dealkylation sites (tertiary alicyclic amines) is 1. The lowest BCUT2D eigenvalue weighted by Gasteiger charge is -2.35. The minimum Gasteiger partial charge on any atom is -0.324 e. The van der Waals surface area contributed by atoms with Crippen molar-refractivity contribution < 1.29 is 18.0 Å². The number of nitrogens with zero attached hydrogens (tertiary/aromatic N) is 2. The summed E-state index contributed by atoms with van der Waals surface area (Å²) in [5, 5.41) is 5.66. The molecule has 0 bridgehead atoms. The highest BCUT2D eigenvalue weighted by Crippen LogP contribution is 2.19. The topological polar surface area (TPSA) is 98.8 Å². The summed E-state index contributed by atoms with van der Waals surface area (Å²) >= 11 is 0. The highest BCUT2D eigenvalue weighted by atomic mass is 32.2. The minimum atomic E-state index is -3.22. The minimum absolute atomic E-state index is 0.0447. The number of nitrogens with one attached hydrogen (secondary N) is 2. The van der Waals surface area contributed by atoms with Gasteiger partial charge in [0.15, 0.2) is 0 Å². The van der Waals surface area contributed by atoms with Crippen molar-refractivity contribution >= 4 is 33.2 Å². The van der Waals surface area contributed by atoms with Crippen molar-refractivity contribution in [1.29, 1.82) is 0 Å². The van der Waals surface area contributed by atoms with Crippen LogP contribution in [0, 0.1) is 0 Å². The van der Waals surface area contributed by atoms with Gasteiger partial charge in [0.05, 0.1) is 24.1 Å². The normalized spacial score (nSPS) is 15.6. The van der Waals surface area contributed by atoms with E-state index in [-0.39, 0.29) is 24.4 Å². The fourth-order valence-electron chi connectivity index (χ4n) is 3.61. The fourth-order valence-corrected chi connectivity index (χ4v) is 4.37. The van der Waals surface area contributed by atoms with Crippen LogP contribution in [0.3, 0.4) is 0 Å². The Balaban J connectivity index is 1.56. The standard InChI is InChI=1S/C22H28N4O4S/c1-25(31(2,29)30)18-12-14-26(15-13-18)16-21(27)24-20-11-7-6-10-19(20)22(28)23-17-8-4-3-5-9-17/h3-11,18H,12-16H2,1-2H3,(H,23,28)(H,24,27). The Morgan fingerprint density at radius 2 is 1.61 bits per heavy atom. The first-order valence-corrected chi connectivity index (χ1v) is 12.0. The van der Waals surface area contributed by atoms with Gasteiger partial charge in [-0.2, -0.15) is 0 Å². The molecule has 2 amide bonds. The number of hydrogen-bond donors (Lipinski definition) is 2. The van der Waals surface area contributed by atoms with Gasteiger partial charge in [-0.25, -0.2) is 12.7 Å². The lowest BCUT2D eigenvalue weighted by Crippen LogP contribution is -2.47. The van der Waals surface area contributed by atoms with E-state index in [4.69, 9.17) is 0 Å². The highest BCUT2D eigenvalue weighted by molar-refractivity contribution is 7.88. The van der Waals surface area contributed by atoms with E-state index in [1.165, 1.54) is 10.6 Å². The van der Waals surface area contributed by atoms with Gasteiger partial charge >= 0.3 is 0 Å². The van der Waals surface area contributed by atoms with E-state index in [1.54, 1.807) is 43.4 Å². The average Bonchev–Trinajstić information content (AvgIpc) is 2.74. The molecular formula is C22H28N4O4S. The molecule has 3 rings (SSSR count). The van der Waals surface area contributed by atoms with Crippen molar-refractivity contribution in [1.82, 2.24) is 9.21 Å². The summed E-state index contributed by atoms with van der Waals surface area (Å²) in [5.74, 6) is -0.512. The van der Waals surface area contributed by atoms with Crippen LogP contribution < -0.4 is 10.6 Å². The summed E-state index contributed by atoms with van der Waals surface area (Å²) in [5.41, 5.74) is 1.51. The quantitative estimate of drug-likeness (QED) is 0.682. The summed E-state index contributed by atoms with van der Waals surface area (Å²) in [6, 6.07) is 16.0. The molecule has 1 aliphatic rings. The van der Waals surface area contributed by atoms with Crippen LogP contribution in [-0.2, 0) is 14.8 Å². The van der Waals surface area contributed by atoms with Crippen molar-refractivity contribution in [3.63, 3.8) is 0 Å². The van der Waals surface area contributed by atoms with Gasteiger partial charge in [0.2, 0.25) is 15.9 Å². The molecule has 0 atom stereocenters. The fraction of sp³-hybridized carbons (Fsp3) is 0.364. The van der Waals surface area contributed by atoms with E-state index in [1.807, 2.05) is 23.1 Å². The van der Waals surface area contributed by atoms with E-state index < -0.39 is 10.0 Å². The number of carbonyl (C=O) groups is 2. The van der Waals surface area contributed by atoms with Crippen molar-refractivity contribution in [3.05, 3.63) is 60.2 Å². The zero-order chi connectivity index (χ0) is 22.4. The van der Waals surface area contributed by atoms with E-state index in [2.05, 4.69) is 10.6 Å². The number of amides is 2. The maximum atomic E-state index is 12.7. The second kappa shape index (κ2) is 10.0. The Kier molecular flexibility index (Phi) is 7.42. The first-order valence-electron chi connectivity index (χ1n) is 10.1. The predicted molar refractivity (Wildman–Crippen MR) is 122 cm³/mol. The molecule has 1 aliphatic heterocycles. The predicted octanol–water partition coefficient (Wildman–Crippen LogP) is 2.23. The maximum absolute atomic E-state index is 12.7. The average molecular weight is 445 g/mol. The largest absolute Gasteiger partial charge is 0.324 e. The van der Waals surface area contributed by atoms with Crippen molar-refractivity contribution in [3.8, 4) is 0 Å². The van der Waals surface area contributed by atoms with Gasteiger partial charge in [0.1, 0.15) is 0 Å². The molecule has 1 saturated heterocycles. The van der Waals surface area contributed by atoms with Gasteiger partial charge < -0.3 is 10.6 Å². The molecule has 0 radical (unpaired) electrons. The smallest absolute Gasteiger partial charge is 0.257 e. The molecule has 0 aromatic heterocycles. The van der Waals surface area contributed by atoms with E-state index >= 15 is 0 Å². The number of rotatable bonds is 7. The lowest BCUT2D eigenvalue weighted by atomic mass is 10.1. The molecule has 0 saturated carbocycles. The van der Waals surface area contributed by atoms with Crippen molar-refractivity contribution in [2.24, 2.45) is 0 Å². The number of para-hydroxylation sites is 2. The Labute approximate surface area is 183 Å². The second-order valence-electron chi connectivity index (χ2n) is 7.70. The van der Waals surface area contributed by atoms with Gasteiger partial charge in [-0.15, -0.1) is 0 Å². The first-order chi connectivity index (χ1) is 14.7. The van der Waals surface area contributed by atoms with Gasteiger partial charge in [-0.3, -0.25) is 14.5 Å². The summed E-state index contributed by atoms with van der Waals surface area (Å²) in [6.07, 6.45) is 2.55. The SMILES string of the molecule is CN(C1CCN(CC(=O)Nc2ccccc2C(=O)Nc2ccccc2)CC1)S(C)(=O)=O. The van der Waals surface area contributed by atoms with Crippen LogP contribution in [0.5, 0.6) is 0 Å². The van der Waals surface area contributed by atoms with Crippen LogP contribution in [0.25, 0.3) is 0 Å². The number of piperidine rings is 1. The van der Waals surface area contributed by atoms with Crippen molar-refractivity contribution in [2.75, 3.05) is 43.6 Å². The molecule has 8 nitrogen and oxygen atoms in total. The molecule has 1 heterocycles. The zero-order valence-corrected chi connectivity index (χ0v) is 18.6. The number of sulfonamides is 1. The summed E-state index contributed by atoms with van der Waals surface area (Å²) in [7, 11) is -1.62. The number of carbonyl (C=O) groups excluding carboxylic acids is 2. The molecule has 1 fully saturated rings. The Hall–Kier alpha value is -2.75. The third-order valence-corrected chi connectivity index (χ3v) is 6.78. The van der Waals surface area contributed by atoms with Crippen LogP contribution in [0.15, 0.2) is 54.6 Å². The van der Waals surface area contributed by atoms with Crippen LogP contribution in [-0.4, -0.2) is 68.4 Å². The van der Waals surface area contributed by atoms with Crippen LogP contribution >= 0.6 is 0 Å². The van der Waals surface area contributed by atoms with Crippen LogP contribution in [0.2, 0.25) is 0 Å². The van der Waals surface area contributed by atoms with Gasteiger partial charge in [-0.1, -0.05) is 30.3 Å². The molecule has 31 heavy (non-hydrogen) atoms. The van der Waals surface area contributed by atoms with Crippen molar-refractivity contribution in [2.45, 2.75) is 18.9 Å². The molecular weight excluding hydrogens is 416 g/mol. The van der Waals surface area contributed by atoms with Gasteiger partial charge in [0, 0.05) is 31.9 Å². The summed E-state index contributed by atoms with van der Waals surface area (Å²) in [4.78, 5) is 27.3. The third kappa shape index (κ3) is 6.36. The molecule has 2 aromatic rings. The number of anilines is 2. The van der Waals surface area contributed by atoms with Crippen LogP contribution in [0.4, 0.5) is 11.4 Å². The zero-order valence-electron chi connectivity index (χ0n) is 17.7. The highest BCUT2D eigenvalue weighted by Gasteiger charge is 2.28. The summed E-state index contributed by atoms with van der Waals surface area (Å²) in [6.45, 7) is 1.45. The van der Waals surface area contributed by atoms with Gasteiger partial charge in [-0.05, 0) is 37.1 Å². The number of hydrogen-bond acceptors (Lipinski definition) is 5. The molecule has 2 aromatic carbocycles. The van der Waals surface area contributed by atoms with Crippen LogP contribution in [0.1, 0.15) is 23.2 Å². The Bertz CT molecular complexity index is 1020. The van der Waals surface area contributed by atoms with E-state index in [9.17, 15) is 18.0 Å². The molecule has 0 unspecified atom stereocenters. The first kappa shape index (κ1) is 22.9. The summed E-state index contributed by atoms with van der Waals surface area (Å²) < 4.78 is 24.8. The molecule has 166 valence electrons. The lowest BCUT2D eigenvalue weighted by molar-refractivity contribution is -0.117. The molecule has 9 heteroatoms. The second-order valence-corrected chi connectivity index (χ2v) is 9.74. The third-order valence-electron chi connectivity index (χ3n) is 5.44.